The quantitative estimate of drug-likeness (QED) is 0.448. The van der Waals surface area contributed by atoms with Crippen LogP contribution < -0.4 is 10.6 Å². The number of thioether (sulfide) groups is 1. The molecule has 11 heteroatoms. The van der Waals surface area contributed by atoms with Gasteiger partial charge >= 0.3 is 0 Å². The molecule has 2 heterocycles. The topological polar surface area (TPSA) is 108 Å². The fourth-order valence-corrected chi connectivity index (χ4v) is 7.18. The van der Waals surface area contributed by atoms with Crippen molar-refractivity contribution in [3.05, 3.63) is 36.0 Å². The van der Waals surface area contributed by atoms with Crippen LogP contribution in [0.25, 0.3) is 0 Å². The van der Waals surface area contributed by atoms with Crippen molar-refractivity contribution in [2.45, 2.75) is 47.1 Å². The number of nitrogens with zero attached hydrogens (tertiary/aromatic N) is 2. The minimum Gasteiger partial charge on any atom is -0.339 e. The molecule has 1 saturated carbocycles. The zero-order valence-corrected chi connectivity index (χ0v) is 22.3. The number of piperazine rings is 1. The third-order valence-electron chi connectivity index (χ3n) is 6.58. The lowest BCUT2D eigenvalue weighted by atomic mass is 9.87. The monoisotopic (exact) mass is 536 g/mol. The number of amides is 2. The van der Waals surface area contributed by atoms with E-state index >= 15 is 0 Å². The predicted octanol–water partition coefficient (Wildman–Crippen LogP) is 3.37. The van der Waals surface area contributed by atoms with Crippen LogP contribution in [0.2, 0.25) is 0 Å². The van der Waals surface area contributed by atoms with Crippen molar-refractivity contribution < 1.29 is 18.0 Å². The summed E-state index contributed by atoms with van der Waals surface area (Å²) in [5.74, 6) is 0.937. The molecule has 2 aliphatic rings. The fourth-order valence-electron chi connectivity index (χ4n) is 4.64. The second-order valence-electron chi connectivity index (χ2n) is 9.16. The van der Waals surface area contributed by atoms with Gasteiger partial charge in [0.2, 0.25) is 11.8 Å². The van der Waals surface area contributed by atoms with Gasteiger partial charge in [0.1, 0.15) is 0 Å². The van der Waals surface area contributed by atoms with Crippen LogP contribution in [0.3, 0.4) is 0 Å². The number of rotatable bonds is 10. The van der Waals surface area contributed by atoms with Gasteiger partial charge in [-0.2, -0.15) is 0 Å². The highest BCUT2D eigenvalue weighted by atomic mass is 32.2. The van der Waals surface area contributed by atoms with Gasteiger partial charge in [-0.3, -0.25) is 9.59 Å². The first-order chi connectivity index (χ1) is 16.8. The van der Waals surface area contributed by atoms with Crippen LogP contribution in [0, 0.1) is 5.92 Å². The molecule has 1 aromatic heterocycles. The average Bonchev–Trinajstić information content (AvgIpc) is 3.50. The Bertz CT molecular complexity index is 1130. The largest absolute Gasteiger partial charge is 0.339 e. The molecule has 35 heavy (non-hydrogen) atoms. The van der Waals surface area contributed by atoms with Crippen LogP contribution in [-0.2, 0) is 19.4 Å². The molecule has 0 spiro atoms. The molecule has 1 saturated heterocycles. The number of hydrogen-bond acceptors (Lipinski definition) is 8. The van der Waals surface area contributed by atoms with E-state index in [4.69, 9.17) is 0 Å². The van der Waals surface area contributed by atoms with Gasteiger partial charge in [-0.15, -0.1) is 11.8 Å². The van der Waals surface area contributed by atoms with Crippen molar-refractivity contribution in [3.63, 3.8) is 0 Å². The lowest BCUT2D eigenvalue weighted by Gasteiger charge is -2.26. The third kappa shape index (κ3) is 7.28. The normalized spacial score (nSPS) is 18.1. The molecule has 190 valence electrons. The lowest BCUT2D eigenvalue weighted by molar-refractivity contribution is -0.131. The van der Waals surface area contributed by atoms with Crippen molar-refractivity contribution in [1.29, 1.82) is 0 Å². The number of sulfone groups is 1. The summed E-state index contributed by atoms with van der Waals surface area (Å²) in [6.45, 7) is 2.65. The number of benzene rings is 1. The Kier molecular flexibility index (Phi) is 8.85. The van der Waals surface area contributed by atoms with Crippen LogP contribution in [0.1, 0.15) is 43.6 Å². The summed E-state index contributed by atoms with van der Waals surface area (Å²) in [6.07, 6.45) is 8.33. The first-order valence-electron chi connectivity index (χ1n) is 12.0. The summed E-state index contributed by atoms with van der Waals surface area (Å²) in [6, 6.07) is 6.69. The molecular weight excluding hydrogens is 504 g/mol. The molecule has 1 aliphatic heterocycles. The molecule has 0 radical (unpaired) electrons. The van der Waals surface area contributed by atoms with Crippen molar-refractivity contribution in [3.8, 4) is 0 Å². The number of carbonyl (C=O) groups excluding carboxylic acids is 2. The Hall–Kier alpha value is -1.95. The molecule has 0 bridgehead atoms. The highest BCUT2D eigenvalue weighted by molar-refractivity contribution is 8.01. The van der Waals surface area contributed by atoms with Gasteiger partial charge in [0.15, 0.2) is 15.0 Å². The Labute approximate surface area is 215 Å². The summed E-state index contributed by atoms with van der Waals surface area (Å²) in [7, 11) is -3.29. The SMILES string of the molecule is CS(=O)(=O)c1ccc(C(CC2CCCC2)C(=O)Nc2ncc(SCCN3CCNCC3=O)s2)cc1. The smallest absolute Gasteiger partial charge is 0.236 e. The van der Waals surface area contributed by atoms with Gasteiger partial charge in [-0.1, -0.05) is 49.2 Å². The van der Waals surface area contributed by atoms with E-state index in [0.29, 0.717) is 24.1 Å². The zero-order chi connectivity index (χ0) is 24.8. The van der Waals surface area contributed by atoms with Crippen molar-refractivity contribution in [1.82, 2.24) is 15.2 Å². The summed E-state index contributed by atoms with van der Waals surface area (Å²) in [5.41, 5.74) is 0.827. The number of nitrogens with one attached hydrogen (secondary N) is 2. The van der Waals surface area contributed by atoms with E-state index in [0.717, 1.165) is 47.9 Å². The van der Waals surface area contributed by atoms with Gasteiger partial charge in [0.25, 0.3) is 0 Å². The van der Waals surface area contributed by atoms with E-state index < -0.39 is 9.84 Å². The van der Waals surface area contributed by atoms with Crippen LogP contribution in [0.4, 0.5) is 5.13 Å². The van der Waals surface area contributed by atoms with E-state index in [-0.39, 0.29) is 22.6 Å². The number of hydrogen-bond donors (Lipinski definition) is 2. The highest BCUT2D eigenvalue weighted by Gasteiger charge is 2.27. The van der Waals surface area contributed by atoms with Crippen LogP contribution in [0.5, 0.6) is 0 Å². The van der Waals surface area contributed by atoms with Gasteiger partial charge in [0, 0.05) is 31.6 Å². The van der Waals surface area contributed by atoms with Crippen molar-refractivity contribution in [2.24, 2.45) is 5.92 Å². The summed E-state index contributed by atoms with van der Waals surface area (Å²) in [5, 5.41) is 6.62. The molecule has 2 aromatic rings. The second-order valence-corrected chi connectivity index (χ2v) is 13.6. The Morgan fingerprint density at radius 1 is 1.29 bits per heavy atom. The van der Waals surface area contributed by atoms with Crippen molar-refractivity contribution >= 4 is 49.9 Å². The van der Waals surface area contributed by atoms with E-state index in [1.807, 2.05) is 4.90 Å². The molecule has 4 rings (SSSR count). The molecule has 1 atom stereocenters. The Morgan fingerprint density at radius 3 is 2.71 bits per heavy atom. The minimum atomic E-state index is -3.29. The number of thiazole rings is 1. The zero-order valence-electron chi connectivity index (χ0n) is 19.9. The maximum Gasteiger partial charge on any atom is 0.236 e. The van der Waals surface area contributed by atoms with Gasteiger partial charge in [-0.05, 0) is 30.0 Å². The first kappa shape index (κ1) is 26.1. The minimum absolute atomic E-state index is 0.110. The summed E-state index contributed by atoms with van der Waals surface area (Å²) in [4.78, 5) is 31.7. The molecule has 1 aromatic carbocycles. The van der Waals surface area contributed by atoms with Gasteiger partial charge in [-0.25, -0.2) is 13.4 Å². The van der Waals surface area contributed by atoms with Crippen LogP contribution >= 0.6 is 23.1 Å². The molecule has 2 fully saturated rings. The molecule has 2 amide bonds. The van der Waals surface area contributed by atoms with Crippen LogP contribution in [-0.4, -0.2) is 68.3 Å². The van der Waals surface area contributed by atoms with Crippen molar-refractivity contribution in [2.75, 3.05) is 43.5 Å². The van der Waals surface area contributed by atoms with E-state index in [2.05, 4.69) is 15.6 Å². The number of aromatic nitrogens is 1. The molecule has 1 aliphatic carbocycles. The number of anilines is 1. The predicted molar refractivity (Wildman–Crippen MR) is 140 cm³/mol. The van der Waals surface area contributed by atoms with E-state index in [1.165, 1.54) is 30.4 Å². The van der Waals surface area contributed by atoms with Gasteiger partial charge < -0.3 is 15.5 Å². The third-order valence-corrected chi connectivity index (χ3v) is 9.79. The standard InChI is InChI=1S/C24H32N4O4S3/c1-35(31,32)19-8-6-18(7-9-19)20(14-17-4-2-3-5-17)23(30)27-24-26-16-22(34-24)33-13-12-28-11-10-25-15-21(28)29/h6-9,16-17,20,25H,2-5,10-15H2,1H3,(H,26,27,30). The fraction of sp³-hybridized carbons (Fsp3) is 0.542. The Morgan fingerprint density at radius 2 is 2.03 bits per heavy atom. The molecule has 1 unspecified atom stereocenters. The maximum atomic E-state index is 13.3. The molecule has 8 nitrogen and oxygen atoms in total. The molecule has 2 N–H and O–H groups in total. The number of carbonyl (C=O) groups is 2. The molecular formula is C24H32N4O4S3. The first-order valence-corrected chi connectivity index (χ1v) is 15.7. The summed E-state index contributed by atoms with van der Waals surface area (Å²) >= 11 is 3.07. The van der Waals surface area contributed by atoms with E-state index in [1.54, 1.807) is 42.2 Å². The second kappa shape index (κ2) is 11.9. The summed E-state index contributed by atoms with van der Waals surface area (Å²) < 4.78 is 24.7. The van der Waals surface area contributed by atoms with E-state index in [9.17, 15) is 18.0 Å². The lowest BCUT2D eigenvalue weighted by Crippen LogP contribution is -2.48. The van der Waals surface area contributed by atoms with Gasteiger partial charge in [0.05, 0.1) is 27.8 Å². The maximum absolute atomic E-state index is 13.3. The Balaban J connectivity index is 1.38. The van der Waals surface area contributed by atoms with Crippen LogP contribution in [0.15, 0.2) is 39.6 Å². The highest BCUT2D eigenvalue weighted by Crippen LogP contribution is 2.36. The average molecular weight is 537 g/mol.